The Morgan fingerprint density at radius 1 is 1.38 bits per heavy atom. The van der Waals surface area contributed by atoms with Crippen molar-refractivity contribution < 1.29 is 4.74 Å². The molecule has 1 aliphatic heterocycles. The van der Waals surface area contributed by atoms with Crippen LogP contribution in [0.5, 0.6) is 0 Å². The molecule has 1 saturated heterocycles. The number of nitrogens with one attached hydrogen (secondary N) is 1. The van der Waals surface area contributed by atoms with E-state index in [9.17, 15) is 0 Å². The molecular formula is C17H16BClN4O. The van der Waals surface area contributed by atoms with E-state index in [1.165, 1.54) is 0 Å². The molecule has 0 unspecified atom stereocenters. The maximum absolute atomic E-state index is 6.32. The molecule has 1 aromatic carbocycles. The number of hydrogen-bond donors (Lipinski definition) is 1. The summed E-state index contributed by atoms with van der Waals surface area (Å²) in [6, 6.07) is 9.57. The summed E-state index contributed by atoms with van der Waals surface area (Å²) in [6.45, 7) is 1.55. The van der Waals surface area contributed by atoms with Gasteiger partial charge in [-0.1, -0.05) is 29.8 Å². The Balaban J connectivity index is 1.75. The van der Waals surface area contributed by atoms with Gasteiger partial charge in [0.25, 0.3) is 0 Å². The van der Waals surface area contributed by atoms with Gasteiger partial charge in [0, 0.05) is 36.0 Å². The maximum atomic E-state index is 6.32. The summed E-state index contributed by atoms with van der Waals surface area (Å²) < 4.78 is 7.39. The van der Waals surface area contributed by atoms with Crippen molar-refractivity contribution in [2.75, 3.05) is 18.5 Å². The van der Waals surface area contributed by atoms with Crippen molar-refractivity contribution in [3.05, 3.63) is 41.6 Å². The third-order valence-electron chi connectivity index (χ3n) is 4.18. The molecule has 0 saturated carbocycles. The fourth-order valence-corrected chi connectivity index (χ4v) is 3.17. The van der Waals surface area contributed by atoms with E-state index < -0.39 is 0 Å². The van der Waals surface area contributed by atoms with Crippen molar-refractivity contribution in [1.29, 1.82) is 0 Å². The molecule has 0 amide bonds. The molecule has 1 N–H and O–H groups in total. The molecule has 7 heteroatoms. The van der Waals surface area contributed by atoms with E-state index in [4.69, 9.17) is 24.2 Å². The average Bonchev–Trinajstić information content (AvgIpc) is 3.23. The van der Waals surface area contributed by atoms with Crippen LogP contribution < -0.4 is 10.8 Å². The first-order chi connectivity index (χ1) is 11.7. The van der Waals surface area contributed by atoms with Gasteiger partial charge in [-0.05, 0) is 24.4 Å². The highest BCUT2D eigenvalue weighted by Gasteiger charge is 2.17. The number of hydrogen-bond acceptors (Lipinski definition) is 4. The van der Waals surface area contributed by atoms with Crippen LogP contribution >= 0.6 is 11.6 Å². The molecule has 2 aromatic heterocycles. The topological polar surface area (TPSA) is 51.5 Å². The van der Waals surface area contributed by atoms with E-state index in [1.807, 2.05) is 30.3 Å². The smallest absolute Gasteiger partial charge is 0.150 e. The van der Waals surface area contributed by atoms with E-state index in [0.717, 1.165) is 43.1 Å². The minimum Gasteiger partial charge on any atom is -0.376 e. The van der Waals surface area contributed by atoms with Gasteiger partial charge in [0.2, 0.25) is 0 Å². The fraction of sp³-hybridized carbons (Fsp3) is 0.294. The Hall–Kier alpha value is -2.05. The van der Waals surface area contributed by atoms with Gasteiger partial charge in [0.05, 0.1) is 11.8 Å². The van der Waals surface area contributed by atoms with Crippen molar-refractivity contribution >= 4 is 36.4 Å². The molecule has 1 aliphatic rings. The van der Waals surface area contributed by atoms with Crippen LogP contribution in [0.3, 0.4) is 0 Å². The van der Waals surface area contributed by atoms with Crippen LogP contribution in [0.4, 0.5) is 5.82 Å². The van der Waals surface area contributed by atoms with Gasteiger partial charge in [-0.3, -0.25) is 0 Å². The number of rotatable bonds is 4. The van der Waals surface area contributed by atoms with Crippen LogP contribution in [-0.4, -0.2) is 41.7 Å². The van der Waals surface area contributed by atoms with Gasteiger partial charge in [0.15, 0.2) is 5.65 Å². The molecule has 1 fully saturated rings. The number of aromatic nitrogens is 3. The molecular weight excluding hydrogens is 322 g/mol. The van der Waals surface area contributed by atoms with Gasteiger partial charge in [0.1, 0.15) is 13.7 Å². The summed E-state index contributed by atoms with van der Waals surface area (Å²) in [5.41, 5.74) is 2.77. The summed E-state index contributed by atoms with van der Waals surface area (Å²) in [7, 11) is 6.02. The Morgan fingerprint density at radius 2 is 2.25 bits per heavy atom. The predicted molar refractivity (Wildman–Crippen MR) is 96.3 cm³/mol. The van der Waals surface area contributed by atoms with E-state index >= 15 is 0 Å². The lowest BCUT2D eigenvalue weighted by Gasteiger charge is -2.14. The molecule has 3 heterocycles. The normalized spacial score (nSPS) is 17.5. The van der Waals surface area contributed by atoms with Crippen LogP contribution in [0.25, 0.3) is 16.9 Å². The fourth-order valence-electron chi connectivity index (χ4n) is 2.94. The Morgan fingerprint density at radius 3 is 3.04 bits per heavy atom. The van der Waals surface area contributed by atoms with Crippen molar-refractivity contribution in [3.8, 4) is 11.3 Å². The lowest BCUT2D eigenvalue weighted by atomic mass is 10.0. The van der Waals surface area contributed by atoms with Crippen molar-refractivity contribution in [2.24, 2.45) is 0 Å². The first kappa shape index (κ1) is 15.5. The number of nitrogens with zero attached hydrogens (tertiary/aromatic N) is 3. The summed E-state index contributed by atoms with van der Waals surface area (Å²) in [5, 5.41) is 8.37. The third-order valence-corrected chi connectivity index (χ3v) is 4.51. The lowest BCUT2D eigenvalue weighted by molar-refractivity contribution is 0.120. The molecule has 0 bridgehead atoms. The number of halogens is 1. The molecule has 3 aromatic rings. The van der Waals surface area contributed by atoms with E-state index in [0.29, 0.717) is 16.1 Å². The SMILES string of the molecule is [B]c1cnn2c(NC[C@@H]3CCCO3)cc(-c3ccccc3Cl)nc12. The average molecular weight is 339 g/mol. The van der Waals surface area contributed by atoms with Gasteiger partial charge in [-0.2, -0.15) is 9.61 Å². The second-order valence-corrected chi connectivity index (χ2v) is 6.26. The number of anilines is 1. The minimum absolute atomic E-state index is 0.227. The zero-order valence-corrected chi connectivity index (χ0v) is 13.8. The zero-order valence-electron chi connectivity index (χ0n) is 13.1. The minimum atomic E-state index is 0.227. The van der Waals surface area contributed by atoms with Gasteiger partial charge in [-0.25, -0.2) is 4.98 Å². The van der Waals surface area contributed by atoms with E-state index in [2.05, 4.69) is 15.4 Å². The summed E-state index contributed by atoms with van der Waals surface area (Å²) in [6.07, 6.45) is 4.01. The summed E-state index contributed by atoms with van der Waals surface area (Å²) in [4.78, 5) is 4.63. The highest BCUT2D eigenvalue weighted by Crippen LogP contribution is 2.28. The van der Waals surface area contributed by atoms with Gasteiger partial charge < -0.3 is 10.1 Å². The molecule has 0 spiro atoms. The largest absolute Gasteiger partial charge is 0.376 e. The summed E-state index contributed by atoms with van der Waals surface area (Å²) >= 11 is 6.32. The third kappa shape index (κ3) is 2.87. The van der Waals surface area contributed by atoms with Crippen molar-refractivity contribution in [2.45, 2.75) is 18.9 Å². The molecule has 120 valence electrons. The molecule has 1 atom stereocenters. The second kappa shape index (κ2) is 6.45. The molecule has 5 nitrogen and oxygen atoms in total. The van der Waals surface area contributed by atoms with E-state index in [1.54, 1.807) is 10.7 Å². The lowest BCUT2D eigenvalue weighted by Crippen LogP contribution is -2.20. The highest BCUT2D eigenvalue weighted by molar-refractivity contribution is 6.36. The quantitative estimate of drug-likeness (QED) is 0.742. The first-order valence-electron chi connectivity index (χ1n) is 7.97. The van der Waals surface area contributed by atoms with E-state index in [-0.39, 0.29) is 6.10 Å². The monoisotopic (exact) mass is 338 g/mol. The molecule has 0 aliphatic carbocycles. The standard InChI is InChI=1S/C17H16BClN4O/c18-13-10-21-23-16(20-9-11-4-3-7-24-11)8-15(22-17(13)23)12-5-1-2-6-14(12)19/h1-2,5-6,8,10-11,20H,3-4,7,9H2/t11-/m0/s1. The Kier molecular flexibility index (Phi) is 4.16. The van der Waals surface area contributed by atoms with Gasteiger partial charge in [-0.15, -0.1) is 0 Å². The number of benzene rings is 1. The van der Waals surface area contributed by atoms with Crippen molar-refractivity contribution in [1.82, 2.24) is 14.6 Å². The Bertz CT molecular complexity index is 876. The van der Waals surface area contributed by atoms with Crippen LogP contribution in [0, 0.1) is 0 Å². The number of fused-ring (bicyclic) bond motifs is 1. The molecule has 24 heavy (non-hydrogen) atoms. The van der Waals surface area contributed by atoms with Crippen LogP contribution in [0.1, 0.15) is 12.8 Å². The van der Waals surface area contributed by atoms with Crippen LogP contribution in [0.15, 0.2) is 36.5 Å². The van der Waals surface area contributed by atoms with Crippen LogP contribution in [0.2, 0.25) is 5.02 Å². The highest BCUT2D eigenvalue weighted by atomic mass is 35.5. The predicted octanol–water partition coefficient (Wildman–Crippen LogP) is 2.43. The zero-order chi connectivity index (χ0) is 16.5. The number of ether oxygens (including phenoxy) is 1. The second-order valence-electron chi connectivity index (χ2n) is 5.86. The maximum Gasteiger partial charge on any atom is 0.150 e. The molecule has 2 radical (unpaired) electrons. The van der Waals surface area contributed by atoms with Crippen LogP contribution in [-0.2, 0) is 4.74 Å². The van der Waals surface area contributed by atoms with Crippen molar-refractivity contribution in [3.63, 3.8) is 0 Å². The molecule has 4 rings (SSSR count). The Labute approximate surface area is 146 Å². The first-order valence-corrected chi connectivity index (χ1v) is 8.35. The van der Waals surface area contributed by atoms with Gasteiger partial charge >= 0.3 is 0 Å². The summed E-state index contributed by atoms with van der Waals surface area (Å²) in [5.74, 6) is 0.821.